The Morgan fingerprint density at radius 2 is 2.05 bits per heavy atom. The van der Waals surface area contributed by atoms with E-state index < -0.39 is 11.2 Å². The molecule has 0 aromatic carbocycles. The largest absolute Gasteiger partial charge is 0.350 e. The molecule has 1 unspecified atom stereocenters. The van der Waals surface area contributed by atoms with Crippen LogP contribution in [0, 0.1) is 17.8 Å². The summed E-state index contributed by atoms with van der Waals surface area (Å²) < 4.78 is 12.1. The van der Waals surface area contributed by atoms with Crippen molar-refractivity contribution < 1.29 is 14.3 Å². The molecule has 1 saturated heterocycles. The molecule has 106 valence electrons. The number of rotatable bonds is 3. The standard InChI is InChI=1S/C16H24O3/c1-4-8-13(17)15(2,3)14-9-12-18-16(19-14)10-6-5-7-11-16/h1,14H,5-12H2,2-3H3. The quantitative estimate of drug-likeness (QED) is 0.735. The van der Waals surface area contributed by atoms with Gasteiger partial charge in [-0.1, -0.05) is 26.2 Å². The highest BCUT2D eigenvalue weighted by Crippen LogP contribution is 2.41. The molecule has 2 rings (SSSR count). The highest BCUT2D eigenvalue weighted by Gasteiger charge is 2.46. The van der Waals surface area contributed by atoms with Crippen LogP contribution in [0.5, 0.6) is 0 Å². The highest BCUT2D eigenvalue weighted by molar-refractivity contribution is 5.86. The first kappa shape index (κ1) is 14.6. The zero-order chi connectivity index (χ0) is 13.9. The van der Waals surface area contributed by atoms with E-state index in [2.05, 4.69) is 5.92 Å². The van der Waals surface area contributed by atoms with Gasteiger partial charge in [0.1, 0.15) is 0 Å². The van der Waals surface area contributed by atoms with Crippen molar-refractivity contribution in [2.45, 2.75) is 70.7 Å². The topological polar surface area (TPSA) is 35.5 Å². The summed E-state index contributed by atoms with van der Waals surface area (Å²) >= 11 is 0. The highest BCUT2D eigenvalue weighted by atomic mass is 16.7. The van der Waals surface area contributed by atoms with Gasteiger partial charge in [0.15, 0.2) is 11.6 Å². The molecule has 2 fully saturated rings. The third-order valence-electron chi connectivity index (χ3n) is 4.50. The van der Waals surface area contributed by atoms with E-state index in [0.717, 1.165) is 32.1 Å². The second-order valence-corrected chi connectivity index (χ2v) is 6.24. The van der Waals surface area contributed by atoms with Gasteiger partial charge in [-0.15, -0.1) is 6.42 Å². The Morgan fingerprint density at radius 3 is 2.68 bits per heavy atom. The summed E-state index contributed by atoms with van der Waals surface area (Å²) in [4.78, 5) is 12.2. The molecule has 1 heterocycles. The minimum atomic E-state index is -0.527. The Kier molecular flexibility index (Phi) is 4.32. The van der Waals surface area contributed by atoms with Gasteiger partial charge < -0.3 is 9.47 Å². The summed E-state index contributed by atoms with van der Waals surface area (Å²) in [5, 5.41) is 0. The lowest BCUT2D eigenvalue weighted by atomic mass is 9.78. The van der Waals surface area contributed by atoms with Gasteiger partial charge in [-0.25, -0.2) is 0 Å². The fourth-order valence-electron chi connectivity index (χ4n) is 3.07. The third-order valence-corrected chi connectivity index (χ3v) is 4.50. The minimum Gasteiger partial charge on any atom is -0.350 e. The molecule has 0 bridgehead atoms. The molecule has 19 heavy (non-hydrogen) atoms. The number of hydrogen-bond donors (Lipinski definition) is 0. The average molecular weight is 264 g/mol. The van der Waals surface area contributed by atoms with Crippen LogP contribution in [0.25, 0.3) is 0 Å². The monoisotopic (exact) mass is 264 g/mol. The summed E-state index contributed by atoms with van der Waals surface area (Å²) in [6, 6.07) is 0. The van der Waals surface area contributed by atoms with Gasteiger partial charge in [-0.05, 0) is 19.3 Å². The van der Waals surface area contributed by atoms with Gasteiger partial charge in [0.25, 0.3) is 0 Å². The van der Waals surface area contributed by atoms with Gasteiger partial charge in [0.2, 0.25) is 0 Å². The van der Waals surface area contributed by atoms with Crippen LogP contribution >= 0.6 is 0 Å². The zero-order valence-electron chi connectivity index (χ0n) is 12.0. The predicted molar refractivity (Wildman–Crippen MR) is 73.5 cm³/mol. The normalized spacial score (nSPS) is 26.9. The molecular formula is C16H24O3. The minimum absolute atomic E-state index is 0.0831. The van der Waals surface area contributed by atoms with Crippen LogP contribution in [-0.2, 0) is 14.3 Å². The molecule has 1 aliphatic carbocycles. The maximum absolute atomic E-state index is 12.2. The van der Waals surface area contributed by atoms with Crippen molar-refractivity contribution in [2.75, 3.05) is 6.61 Å². The van der Waals surface area contributed by atoms with Gasteiger partial charge in [-0.3, -0.25) is 4.79 Å². The first-order chi connectivity index (χ1) is 9.00. The first-order valence-corrected chi connectivity index (χ1v) is 7.29. The number of Topliss-reactive ketones (excluding diaryl/α,β-unsaturated/α-hetero) is 1. The predicted octanol–water partition coefficient (Wildman–Crippen LogP) is 3.07. The van der Waals surface area contributed by atoms with Crippen LogP contribution < -0.4 is 0 Å². The molecule has 1 aliphatic heterocycles. The number of carbonyl (C=O) groups excluding carboxylic acids is 1. The number of ether oxygens (including phenoxy) is 2. The summed E-state index contributed by atoms with van der Waals surface area (Å²) in [6.45, 7) is 4.57. The van der Waals surface area contributed by atoms with Gasteiger partial charge in [-0.2, -0.15) is 0 Å². The number of hydrogen-bond acceptors (Lipinski definition) is 3. The number of carbonyl (C=O) groups is 1. The number of ketones is 1. The Bertz CT molecular complexity index is 366. The third kappa shape index (κ3) is 3.01. The molecule has 0 N–H and O–H groups in total. The molecular weight excluding hydrogens is 240 g/mol. The van der Waals surface area contributed by atoms with Crippen molar-refractivity contribution >= 4 is 5.78 Å². The van der Waals surface area contributed by atoms with Crippen LogP contribution in [0.4, 0.5) is 0 Å². The SMILES string of the molecule is C#CCC(=O)C(C)(C)C1CCOC2(CCCCC2)O1. The van der Waals surface area contributed by atoms with E-state index in [0.29, 0.717) is 6.61 Å². The van der Waals surface area contributed by atoms with Crippen molar-refractivity contribution in [3.05, 3.63) is 0 Å². The average Bonchev–Trinajstić information content (AvgIpc) is 2.40. The fraction of sp³-hybridized carbons (Fsp3) is 0.812. The molecule has 1 spiro atoms. The van der Waals surface area contributed by atoms with Crippen molar-refractivity contribution in [1.82, 2.24) is 0 Å². The molecule has 0 radical (unpaired) electrons. The lowest BCUT2D eigenvalue weighted by Crippen LogP contribution is -2.52. The van der Waals surface area contributed by atoms with Crippen LogP contribution in [0.1, 0.15) is 58.8 Å². The smallest absolute Gasteiger partial charge is 0.168 e. The molecule has 2 aliphatic rings. The van der Waals surface area contributed by atoms with Crippen LogP contribution in [0.3, 0.4) is 0 Å². The van der Waals surface area contributed by atoms with E-state index >= 15 is 0 Å². The Morgan fingerprint density at radius 1 is 1.37 bits per heavy atom. The maximum atomic E-state index is 12.2. The van der Waals surface area contributed by atoms with E-state index in [-0.39, 0.29) is 18.3 Å². The van der Waals surface area contributed by atoms with E-state index in [1.165, 1.54) is 6.42 Å². The lowest BCUT2D eigenvalue weighted by molar-refractivity contribution is -0.317. The molecule has 3 nitrogen and oxygen atoms in total. The van der Waals surface area contributed by atoms with Gasteiger partial charge in [0, 0.05) is 12.8 Å². The van der Waals surface area contributed by atoms with Crippen molar-refractivity contribution in [3.8, 4) is 12.3 Å². The molecule has 3 heteroatoms. The van der Waals surface area contributed by atoms with Crippen LogP contribution in [0.2, 0.25) is 0 Å². The van der Waals surface area contributed by atoms with E-state index in [4.69, 9.17) is 15.9 Å². The zero-order valence-corrected chi connectivity index (χ0v) is 12.0. The van der Waals surface area contributed by atoms with Crippen molar-refractivity contribution in [1.29, 1.82) is 0 Å². The molecule has 0 aromatic heterocycles. The Balaban J connectivity index is 2.08. The first-order valence-electron chi connectivity index (χ1n) is 7.29. The van der Waals surface area contributed by atoms with E-state index in [1.807, 2.05) is 13.8 Å². The fourth-order valence-corrected chi connectivity index (χ4v) is 3.07. The maximum Gasteiger partial charge on any atom is 0.168 e. The molecule has 1 atom stereocenters. The molecule has 1 saturated carbocycles. The van der Waals surface area contributed by atoms with Gasteiger partial charge in [0.05, 0.1) is 24.5 Å². The second kappa shape index (κ2) is 5.64. The van der Waals surface area contributed by atoms with E-state index in [1.54, 1.807) is 0 Å². The van der Waals surface area contributed by atoms with Crippen molar-refractivity contribution in [3.63, 3.8) is 0 Å². The summed E-state index contributed by atoms with van der Waals surface area (Å²) in [6.07, 6.45) is 11.6. The van der Waals surface area contributed by atoms with Crippen LogP contribution in [-0.4, -0.2) is 24.3 Å². The number of terminal acetylenes is 1. The Hall–Kier alpha value is -0.850. The van der Waals surface area contributed by atoms with Crippen LogP contribution in [0.15, 0.2) is 0 Å². The van der Waals surface area contributed by atoms with Crippen molar-refractivity contribution in [2.24, 2.45) is 5.41 Å². The van der Waals surface area contributed by atoms with Gasteiger partial charge >= 0.3 is 0 Å². The summed E-state index contributed by atoms with van der Waals surface area (Å²) in [7, 11) is 0. The lowest BCUT2D eigenvalue weighted by Gasteiger charge is -2.47. The van der Waals surface area contributed by atoms with E-state index in [9.17, 15) is 4.79 Å². The molecule has 0 aromatic rings. The summed E-state index contributed by atoms with van der Waals surface area (Å²) in [5.74, 6) is 2.10. The summed E-state index contributed by atoms with van der Waals surface area (Å²) in [5.41, 5.74) is -0.527. The molecule has 0 amide bonds. The second-order valence-electron chi connectivity index (χ2n) is 6.24. The Labute approximate surface area is 116 Å².